The number of amides is 4. The molecule has 0 radical (unpaired) electrons. The van der Waals surface area contributed by atoms with Gasteiger partial charge in [0.05, 0.1) is 13.2 Å². The Kier molecular flexibility index (Phi) is 6.61. The van der Waals surface area contributed by atoms with Crippen molar-refractivity contribution in [1.82, 2.24) is 10.2 Å². The number of urea groups is 1. The molecule has 3 rings (SSSR count). The van der Waals surface area contributed by atoms with Gasteiger partial charge in [0.15, 0.2) is 11.5 Å². The third kappa shape index (κ3) is 4.99. The van der Waals surface area contributed by atoms with Crippen molar-refractivity contribution in [3.05, 3.63) is 18.2 Å². The molecule has 1 atom stereocenters. The van der Waals surface area contributed by atoms with E-state index in [1.165, 1.54) is 0 Å². The summed E-state index contributed by atoms with van der Waals surface area (Å²) >= 11 is 0. The molecule has 8 heteroatoms. The fraction of sp³-hybridized carbons (Fsp3) is 0.571. The summed E-state index contributed by atoms with van der Waals surface area (Å²) in [5, 5.41) is 5.46. The smallest absolute Gasteiger partial charge is 0.325 e. The molecule has 1 fully saturated rings. The molecule has 1 unspecified atom stereocenters. The number of nitrogens with one attached hydrogen (secondary N) is 2. The Morgan fingerprint density at radius 1 is 1.17 bits per heavy atom. The van der Waals surface area contributed by atoms with Crippen molar-refractivity contribution in [3.63, 3.8) is 0 Å². The topological polar surface area (TPSA) is 97.0 Å². The molecule has 1 saturated heterocycles. The molecule has 1 aromatic carbocycles. The highest BCUT2D eigenvalue weighted by atomic mass is 16.5. The summed E-state index contributed by atoms with van der Waals surface area (Å²) in [6.07, 6.45) is 5.42. The number of imide groups is 1. The van der Waals surface area contributed by atoms with Crippen LogP contribution in [0.25, 0.3) is 0 Å². The van der Waals surface area contributed by atoms with Crippen LogP contribution in [-0.2, 0) is 9.59 Å². The normalized spacial score (nSPS) is 21.0. The molecule has 29 heavy (non-hydrogen) atoms. The van der Waals surface area contributed by atoms with Crippen LogP contribution < -0.4 is 20.1 Å². The second kappa shape index (κ2) is 9.15. The van der Waals surface area contributed by atoms with Gasteiger partial charge < -0.3 is 20.1 Å². The number of anilines is 1. The second-order valence-corrected chi connectivity index (χ2v) is 7.72. The average molecular weight is 403 g/mol. The minimum Gasteiger partial charge on any atom is -0.490 e. The van der Waals surface area contributed by atoms with Crippen molar-refractivity contribution in [2.45, 2.75) is 57.9 Å². The molecule has 2 aliphatic heterocycles. The second-order valence-electron chi connectivity index (χ2n) is 7.72. The van der Waals surface area contributed by atoms with Gasteiger partial charge in [-0.05, 0) is 25.5 Å². The summed E-state index contributed by atoms with van der Waals surface area (Å²) in [5.41, 5.74) is -0.422. The number of hydrogen-bond acceptors (Lipinski definition) is 5. The van der Waals surface area contributed by atoms with Gasteiger partial charge in [-0.3, -0.25) is 14.5 Å². The maximum atomic E-state index is 12.7. The van der Waals surface area contributed by atoms with Gasteiger partial charge in [0.25, 0.3) is 5.91 Å². The van der Waals surface area contributed by atoms with Crippen LogP contribution in [-0.4, -0.2) is 48.0 Å². The van der Waals surface area contributed by atoms with Crippen LogP contribution in [0.5, 0.6) is 11.5 Å². The molecular weight excluding hydrogens is 374 g/mol. The van der Waals surface area contributed by atoms with Crippen LogP contribution in [0, 0.1) is 0 Å². The number of fused-ring (bicyclic) bond motifs is 1. The minimum atomic E-state index is -0.944. The van der Waals surface area contributed by atoms with E-state index in [0.717, 1.165) is 37.0 Å². The van der Waals surface area contributed by atoms with Crippen molar-refractivity contribution in [1.29, 1.82) is 0 Å². The van der Waals surface area contributed by atoms with Crippen LogP contribution in [0.15, 0.2) is 18.2 Å². The Labute approximate surface area is 170 Å². The molecule has 2 aliphatic rings. The van der Waals surface area contributed by atoms with E-state index in [-0.39, 0.29) is 12.5 Å². The first kappa shape index (κ1) is 21.0. The van der Waals surface area contributed by atoms with E-state index in [4.69, 9.17) is 9.47 Å². The summed E-state index contributed by atoms with van der Waals surface area (Å²) < 4.78 is 11.2. The van der Waals surface area contributed by atoms with Gasteiger partial charge in [0, 0.05) is 18.2 Å². The molecule has 4 amide bonds. The van der Waals surface area contributed by atoms with E-state index in [0.29, 0.717) is 36.8 Å². The Morgan fingerprint density at radius 2 is 1.93 bits per heavy atom. The molecule has 0 bridgehead atoms. The van der Waals surface area contributed by atoms with Crippen molar-refractivity contribution in [3.8, 4) is 11.5 Å². The SMILES string of the molecule is CCCCCCC1(C)NC(=O)N(CC(=O)Nc2ccc3c(c2)OCCCO3)C1=O. The molecule has 2 N–H and O–H groups in total. The Morgan fingerprint density at radius 3 is 2.69 bits per heavy atom. The molecule has 1 aromatic rings. The number of unbranched alkanes of at least 4 members (excludes halogenated alkanes) is 3. The van der Waals surface area contributed by atoms with Crippen LogP contribution >= 0.6 is 0 Å². The van der Waals surface area contributed by atoms with Crippen LogP contribution in [0.3, 0.4) is 0 Å². The highest BCUT2D eigenvalue weighted by molar-refractivity contribution is 6.09. The predicted molar refractivity (Wildman–Crippen MR) is 108 cm³/mol. The summed E-state index contributed by atoms with van der Waals surface area (Å²) in [5.74, 6) is 0.398. The van der Waals surface area contributed by atoms with Crippen molar-refractivity contribution >= 4 is 23.5 Å². The minimum absolute atomic E-state index is 0.330. The van der Waals surface area contributed by atoms with Gasteiger partial charge in [-0.15, -0.1) is 0 Å². The molecule has 0 spiro atoms. The van der Waals surface area contributed by atoms with Gasteiger partial charge in [0.2, 0.25) is 5.91 Å². The zero-order valence-corrected chi connectivity index (χ0v) is 17.1. The highest BCUT2D eigenvalue weighted by Gasteiger charge is 2.47. The molecule has 0 aromatic heterocycles. The maximum absolute atomic E-state index is 12.7. The van der Waals surface area contributed by atoms with Crippen LogP contribution in [0.1, 0.15) is 52.4 Å². The van der Waals surface area contributed by atoms with E-state index >= 15 is 0 Å². The average Bonchev–Trinajstić information content (AvgIpc) is 2.86. The van der Waals surface area contributed by atoms with Gasteiger partial charge in [0.1, 0.15) is 12.1 Å². The van der Waals surface area contributed by atoms with E-state index < -0.39 is 17.5 Å². The lowest BCUT2D eigenvalue weighted by Gasteiger charge is -2.21. The molecule has 158 valence electrons. The first-order chi connectivity index (χ1) is 13.9. The largest absolute Gasteiger partial charge is 0.490 e. The monoisotopic (exact) mass is 403 g/mol. The number of hydrogen-bond donors (Lipinski definition) is 2. The summed E-state index contributed by atoms with van der Waals surface area (Å²) in [4.78, 5) is 38.5. The zero-order chi connectivity index (χ0) is 20.9. The maximum Gasteiger partial charge on any atom is 0.325 e. The number of rotatable bonds is 8. The van der Waals surface area contributed by atoms with Crippen molar-refractivity contribution in [2.75, 3.05) is 25.1 Å². The zero-order valence-electron chi connectivity index (χ0n) is 17.1. The number of ether oxygens (including phenoxy) is 2. The third-order valence-corrected chi connectivity index (χ3v) is 5.21. The fourth-order valence-electron chi connectivity index (χ4n) is 3.55. The molecule has 0 aliphatic carbocycles. The lowest BCUT2D eigenvalue weighted by molar-refractivity contribution is -0.133. The van der Waals surface area contributed by atoms with Crippen LogP contribution in [0.2, 0.25) is 0 Å². The molecular formula is C21H29N3O5. The third-order valence-electron chi connectivity index (χ3n) is 5.21. The number of nitrogens with zero attached hydrogens (tertiary/aromatic N) is 1. The number of carbonyl (C=O) groups is 3. The fourth-order valence-corrected chi connectivity index (χ4v) is 3.55. The Hall–Kier alpha value is -2.77. The first-order valence-corrected chi connectivity index (χ1v) is 10.3. The molecule has 2 heterocycles. The standard InChI is InChI=1S/C21H29N3O5/c1-3-4-5-6-10-21(2)19(26)24(20(27)23-21)14-18(25)22-15-8-9-16-17(13-15)29-12-7-11-28-16/h8-9,13H,3-7,10-12,14H2,1-2H3,(H,22,25)(H,23,27). The molecule has 8 nitrogen and oxygen atoms in total. The first-order valence-electron chi connectivity index (χ1n) is 10.3. The summed E-state index contributed by atoms with van der Waals surface area (Å²) in [7, 11) is 0. The van der Waals surface area contributed by atoms with Gasteiger partial charge in [-0.2, -0.15) is 0 Å². The van der Waals surface area contributed by atoms with Gasteiger partial charge in [-0.1, -0.05) is 32.6 Å². The quantitative estimate of drug-likeness (QED) is 0.514. The van der Waals surface area contributed by atoms with E-state index in [1.807, 2.05) is 0 Å². The van der Waals surface area contributed by atoms with Crippen LogP contribution in [0.4, 0.5) is 10.5 Å². The van der Waals surface area contributed by atoms with E-state index in [2.05, 4.69) is 17.6 Å². The van der Waals surface area contributed by atoms with E-state index in [1.54, 1.807) is 25.1 Å². The lowest BCUT2D eigenvalue weighted by atomic mass is 9.94. The van der Waals surface area contributed by atoms with Gasteiger partial charge in [-0.25, -0.2) is 4.79 Å². The predicted octanol–water partition coefficient (Wildman–Crippen LogP) is 3.07. The highest BCUT2D eigenvalue weighted by Crippen LogP contribution is 2.32. The summed E-state index contributed by atoms with van der Waals surface area (Å²) in [6.45, 7) is 4.64. The van der Waals surface area contributed by atoms with Crippen molar-refractivity contribution < 1.29 is 23.9 Å². The van der Waals surface area contributed by atoms with Crippen molar-refractivity contribution in [2.24, 2.45) is 0 Å². The summed E-state index contributed by atoms with van der Waals surface area (Å²) in [6, 6.07) is 4.59. The lowest BCUT2D eigenvalue weighted by Crippen LogP contribution is -2.44. The Bertz CT molecular complexity index is 782. The molecule has 0 saturated carbocycles. The van der Waals surface area contributed by atoms with Gasteiger partial charge >= 0.3 is 6.03 Å². The Balaban J connectivity index is 1.58. The van der Waals surface area contributed by atoms with E-state index in [9.17, 15) is 14.4 Å². The number of carbonyl (C=O) groups excluding carboxylic acids is 3. The number of benzene rings is 1.